The van der Waals surface area contributed by atoms with Crippen LogP contribution in [0.2, 0.25) is 0 Å². The minimum atomic E-state index is -2.45. The molecule has 0 radical (unpaired) electrons. The lowest BCUT2D eigenvalue weighted by atomic mass is 10.2. The number of nitrogens with zero attached hydrogens (tertiary/aromatic N) is 1. The van der Waals surface area contributed by atoms with Gasteiger partial charge in [0.2, 0.25) is 7.41 Å². The lowest BCUT2D eigenvalue weighted by Gasteiger charge is -2.39. The van der Waals surface area contributed by atoms with Crippen molar-refractivity contribution in [2.24, 2.45) is 0 Å². The summed E-state index contributed by atoms with van der Waals surface area (Å²) in [6.07, 6.45) is 0. The Labute approximate surface area is 231 Å². The van der Waals surface area contributed by atoms with Crippen LogP contribution in [0.25, 0.3) is 0 Å². The Morgan fingerprint density at radius 1 is 0.513 bits per heavy atom. The topological polar surface area (TPSA) is 30.9 Å². The van der Waals surface area contributed by atoms with Crippen molar-refractivity contribution in [3.8, 4) is 17.2 Å². The maximum absolute atomic E-state index is 6.02. The molecule has 0 saturated heterocycles. The molecule has 0 aliphatic heterocycles. The van der Waals surface area contributed by atoms with Crippen molar-refractivity contribution >= 4 is 29.0 Å². The van der Waals surface area contributed by atoms with Crippen molar-refractivity contribution in [2.45, 2.75) is 6.54 Å². The van der Waals surface area contributed by atoms with Crippen LogP contribution in [0.5, 0.6) is 17.2 Å². The molecule has 196 valence electrons. The van der Waals surface area contributed by atoms with Crippen LogP contribution in [0, 0.1) is 0 Å². The molecule has 0 aliphatic carbocycles. The molecule has 0 aliphatic rings. The molecule has 0 atom stereocenters. The summed E-state index contributed by atoms with van der Waals surface area (Å²) in [6.45, 7) is 0.652. The third-order valence-electron chi connectivity index (χ3n) is 6.91. The van der Waals surface area contributed by atoms with Crippen LogP contribution in [-0.4, -0.2) is 21.3 Å². The first-order valence-corrected chi connectivity index (χ1v) is 14.6. The van der Waals surface area contributed by atoms with Gasteiger partial charge < -0.3 is 14.2 Å². The van der Waals surface area contributed by atoms with E-state index in [1.54, 1.807) is 21.3 Å². The maximum atomic E-state index is 6.02. The Hall–Kier alpha value is -4.27. The molecule has 4 nitrogen and oxygen atoms in total. The summed E-state index contributed by atoms with van der Waals surface area (Å²) in [5.74, 6) is 2.35. The number of rotatable bonds is 10. The van der Waals surface area contributed by atoms with Gasteiger partial charge in [0.25, 0.3) is 0 Å². The van der Waals surface area contributed by atoms with E-state index in [-0.39, 0.29) is 0 Å². The predicted molar refractivity (Wildman–Crippen MR) is 164 cm³/mol. The van der Waals surface area contributed by atoms with Crippen LogP contribution in [0.15, 0.2) is 133 Å². The van der Waals surface area contributed by atoms with Crippen LogP contribution in [-0.2, 0) is 6.54 Å². The second kappa shape index (κ2) is 12.1. The predicted octanol–water partition coefficient (Wildman–Crippen LogP) is 6.63. The van der Waals surface area contributed by atoms with Crippen molar-refractivity contribution in [3.05, 3.63) is 139 Å². The van der Waals surface area contributed by atoms with E-state index in [4.69, 9.17) is 14.2 Å². The molecule has 0 bridgehead atoms. The Kier molecular flexibility index (Phi) is 8.15. The monoisotopic (exact) mass is 534 g/mol. The van der Waals surface area contributed by atoms with E-state index in [9.17, 15) is 0 Å². The molecule has 0 fully saturated rings. The van der Waals surface area contributed by atoms with Gasteiger partial charge >= 0.3 is 0 Å². The SMILES string of the molecule is COc1ccc(CN(c2ccc(OC)cc2OC)[P+](c2ccccc2)(c2ccccc2)c2ccccc2)cc1. The molecule has 0 saturated carbocycles. The fourth-order valence-corrected chi connectivity index (χ4v) is 9.46. The molecular formula is C34H33NO3P+. The van der Waals surface area contributed by atoms with Crippen LogP contribution < -0.4 is 34.8 Å². The molecule has 5 rings (SSSR count). The Bertz CT molecular complexity index is 1380. The molecule has 0 spiro atoms. The Balaban J connectivity index is 1.86. The van der Waals surface area contributed by atoms with E-state index in [2.05, 4.69) is 114 Å². The average molecular weight is 535 g/mol. The van der Waals surface area contributed by atoms with Crippen molar-refractivity contribution in [1.29, 1.82) is 0 Å². The number of hydrogen-bond acceptors (Lipinski definition) is 4. The zero-order chi connectivity index (χ0) is 27.1. The van der Waals surface area contributed by atoms with Gasteiger partial charge in [-0.2, -0.15) is 0 Å². The quantitative estimate of drug-likeness (QED) is 0.188. The number of methoxy groups -OCH3 is 3. The summed E-state index contributed by atoms with van der Waals surface area (Å²) in [6, 6.07) is 47.0. The highest BCUT2D eigenvalue weighted by atomic mass is 31.2. The third-order valence-corrected chi connectivity index (χ3v) is 11.1. The number of anilines is 1. The number of benzene rings is 5. The van der Waals surface area contributed by atoms with Gasteiger partial charge in [0.15, 0.2) is 0 Å². The molecule has 5 aromatic carbocycles. The first kappa shape index (κ1) is 26.3. The second-order valence-electron chi connectivity index (χ2n) is 9.09. The van der Waals surface area contributed by atoms with E-state index < -0.39 is 7.41 Å². The van der Waals surface area contributed by atoms with Gasteiger partial charge in [0, 0.05) is 6.07 Å². The minimum Gasteiger partial charge on any atom is -0.497 e. The highest BCUT2D eigenvalue weighted by molar-refractivity contribution is 7.96. The van der Waals surface area contributed by atoms with Gasteiger partial charge in [-0.15, -0.1) is 0 Å². The van der Waals surface area contributed by atoms with Gasteiger partial charge in [-0.1, -0.05) is 66.7 Å². The first-order chi connectivity index (χ1) is 19.2. The van der Waals surface area contributed by atoms with Crippen LogP contribution >= 0.6 is 7.41 Å². The number of hydrogen-bond donors (Lipinski definition) is 0. The van der Waals surface area contributed by atoms with E-state index in [0.717, 1.165) is 22.9 Å². The zero-order valence-corrected chi connectivity index (χ0v) is 23.4. The standard InChI is InChI=1S/C34H33NO3P/c1-36-28-21-19-27(20-22-28)26-35(33-24-23-29(37-2)25-34(33)38-3)39(30-13-7-4-8-14-30,31-15-9-5-10-16-31)32-17-11-6-12-18-32/h4-25H,26H2,1-3H3/q+1. The average Bonchev–Trinajstić information content (AvgIpc) is 3.02. The van der Waals surface area contributed by atoms with Crippen LogP contribution in [0.3, 0.4) is 0 Å². The fourth-order valence-electron chi connectivity index (χ4n) is 5.05. The minimum absolute atomic E-state index is 0.652. The lowest BCUT2D eigenvalue weighted by molar-refractivity contribution is 0.395. The summed E-state index contributed by atoms with van der Waals surface area (Å²) in [5, 5.41) is 3.77. The van der Waals surface area contributed by atoms with Crippen molar-refractivity contribution in [2.75, 3.05) is 26.0 Å². The summed E-state index contributed by atoms with van der Waals surface area (Å²) in [4.78, 5) is 0. The second-order valence-corrected chi connectivity index (χ2v) is 12.4. The fraction of sp³-hybridized carbons (Fsp3) is 0.118. The van der Waals surface area contributed by atoms with Crippen molar-refractivity contribution < 1.29 is 14.2 Å². The van der Waals surface area contributed by atoms with Gasteiger partial charge in [0.1, 0.15) is 38.8 Å². The third kappa shape index (κ3) is 5.21. The molecule has 0 unspecified atom stereocenters. The molecule has 5 heteroatoms. The number of ether oxygens (including phenoxy) is 3. The molecule has 0 amide bonds. The summed E-state index contributed by atoms with van der Waals surface area (Å²) >= 11 is 0. The van der Waals surface area contributed by atoms with E-state index in [1.807, 2.05) is 24.3 Å². The molecular weight excluding hydrogens is 501 g/mol. The molecule has 0 aromatic heterocycles. The molecule has 5 aromatic rings. The Morgan fingerprint density at radius 3 is 1.41 bits per heavy atom. The van der Waals surface area contributed by atoms with Gasteiger partial charge in [0.05, 0.1) is 27.9 Å². The first-order valence-electron chi connectivity index (χ1n) is 12.9. The smallest absolute Gasteiger partial charge is 0.202 e. The highest BCUT2D eigenvalue weighted by Gasteiger charge is 2.52. The van der Waals surface area contributed by atoms with E-state index >= 15 is 0 Å². The van der Waals surface area contributed by atoms with Crippen molar-refractivity contribution in [3.63, 3.8) is 0 Å². The van der Waals surface area contributed by atoms with E-state index in [1.165, 1.54) is 21.5 Å². The van der Waals surface area contributed by atoms with Gasteiger partial charge in [-0.25, -0.2) is 4.67 Å². The normalized spacial score (nSPS) is 11.1. The maximum Gasteiger partial charge on any atom is 0.202 e. The largest absolute Gasteiger partial charge is 0.497 e. The summed E-state index contributed by atoms with van der Waals surface area (Å²) in [7, 11) is 2.64. The van der Waals surface area contributed by atoms with Gasteiger partial charge in [-0.3, -0.25) is 0 Å². The van der Waals surface area contributed by atoms with Crippen LogP contribution in [0.4, 0.5) is 5.69 Å². The van der Waals surface area contributed by atoms with Crippen LogP contribution in [0.1, 0.15) is 5.56 Å². The molecule has 0 heterocycles. The lowest BCUT2D eigenvalue weighted by Crippen LogP contribution is -2.43. The van der Waals surface area contributed by atoms with E-state index in [0.29, 0.717) is 6.54 Å². The highest BCUT2D eigenvalue weighted by Crippen LogP contribution is 2.62. The molecule has 0 N–H and O–H groups in total. The molecule has 39 heavy (non-hydrogen) atoms. The summed E-state index contributed by atoms with van der Waals surface area (Å²) < 4.78 is 19.6. The van der Waals surface area contributed by atoms with Crippen molar-refractivity contribution in [1.82, 2.24) is 0 Å². The summed E-state index contributed by atoms with van der Waals surface area (Å²) in [5.41, 5.74) is 2.17. The Morgan fingerprint density at radius 2 is 0.974 bits per heavy atom. The zero-order valence-electron chi connectivity index (χ0n) is 22.5. The van der Waals surface area contributed by atoms with Gasteiger partial charge in [-0.05, 0) is 66.2 Å².